The molecule has 0 saturated heterocycles. The molecule has 3 rings (SSSR count). The molecule has 0 aliphatic rings. The highest BCUT2D eigenvalue weighted by Crippen LogP contribution is 2.15. The number of pyridine rings is 1. The summed E-state index contributed by atoms with van der Waals surface area (Å²) in [5.74, 6) is -0.0446. The van der Waals surface area contributed by atoms with Gasteiger partial charge in [0.05, 0.1) is 6.07 Å². The van der Waals surface area contributed by atoms with Gasteiger partial charge >= 0.3 is 0 Å². The minimum atomic E-state index is -0.395. The highest BCUT2D eigenvalue weighted by atomic mass is 16.5. The molecule has 0 atom stereocenters. The molecule has 1 aromatic carbocycles. The topological polar surface area (TPSA) is 77.2 Å². The molecule has 0 saturated carbocycles. The molecule has 0 fully saturated rings. The van der Waals surface area contributed by atoms with Crippen LogP contribution in [0.15, 0.2) is 65.4 Å². The van der Waals surface area contributed by atoms with Crippen LogP contribution in [0, 0.1) is 0 Å². The Labute approximate surface area is 126 Å². The Morgan fingerprint density at radius 1 is 1.14 bits per heavy atom. The monoisotopic (exact) mass is 295 g/mol. The van der Waals surface area contributed by atoms with Crippen LogP contribution in [0.5, 0.6) is 5.88 Å². The average Bonchev–Trinajstić information content (AvgIpc) is 3.04. The Bertz CT molecular complexity index is 742. The molecule has 1 amide bonds. The Kier molecular flexibility index (Phi) is 4.10. The van der Waals surface area contributed by atoms with Crippen molar-refractivity contribution in [3.8, 4) is 5.88 Å². The second kappa shape index (κ2) is 6.53. The maximum absolute atomic E-state index is 12.0. The first-order valence-corrected chi connectivity index (χ1v) is 6.66. The minimum absolute atomic E-state index is 0.0832. The van der Waals surface area contributed by atoms with Gasteiger partial charge in [0, 0.05) is 18.1 Å². The van der Waals surface area contributed by atoms with Crippen LogP contribution < -0.4 is 10.1 Å². The Hall–Kier alpha value is -3.15. The maximum atomic E-state index is 12.0. The van der Waals surface area contributed by atoms with Gasteiger partial charge in [0.1, 0.15) is 6.61 Å². The van der Waals surface area contributed by atoms with Crippen molar-refractivity contribution in [2.45, 2.75) is 6.61 Å². The molecule has 0 bridgehead atoms. The van der Waals surface area contributed by atoms with Crippen molar-refractivity contribution in [3.05, 3.63) is 72.2 Å². The molecule has 22 heavy (non-hydrogen) atoms. The summed E-state index contributed by atoms with van der Waals surface area (Å²) < 4.78 is 10.5. The van der Waals surface area contributed by atoms with Gasteiger partial charge in [0.25, 0.3) is 11.8 Å². The van der Waals surface area contributed by atoms with Gasteiger partial charge < -0.3 is 14.6 Å². The van der Waals surface area contributed by atoms with Crippen LogP contribution in [0.2, 0.25) is 0 Å². The van der Waals surface area contributed by atoms with E-state index in [9.17, 15) is 4.79 Å². The number of benzene rings is 1. The van der Waals surface area contributed by atoms with Gasteiger partial charge in [-0.15, -0.1) is 0 Å². The Morgan fingerprint density at radius 2 is 1.91 bits per heavy atom. The highest BCUT2D eigenvalue weighted by Gasteiger charge is 2.14. The van der Waals surface area contributed by atoms with Gasteiger partial charge in [-0.05, 0) is 22.9 Å². The van der Waals surface area contributed by atoms with Crippen LogP contribution in [-0.2, 0) is 6.61 Å². The molecule has 2 aromatic heterocycles. The van der Waals surface area contributed by atoms with E-state index in [1.165, 1.54) is 6.07 Å². The zero-order chi connectivity index (χ0) is 15.2. The van der Waals surface area contributed by atoms with E-state index in [1.807, 2.05) is 30.3 Å². The van der Waals surface area contributed by atoms with Crippen molar-refractivity contribution in [3.63, 3.8) is 0 Å². The minimum Gasteiger partial charge on any atom is -0.471 e. The van der Waals surface area contributed by atoms with Crippen molar-refractivity contribution < 1.29 is 14.1 Å². The van der Waals surface area contributed by atoms with Crippen LogP contribution in [0.25, 0.3) is 0 Å². The van der Waals surface area contributed by atoms with Gasteiger partial charge in [-0.1, -0.05) is 30.3 Å². The lowest BCUT2D eigenvalue weighted by Crippen LogP contribution is -2.10. The number of hydrogen-bond acceptors (Lipinski definition) is 5. The molecule has 3 aromatic rings. The SMILES string of the molecule is O=C(Nc1ccncc1)c1cc(OCc2ccccc2)no1. The number of hydrogen-bond donors (Lipinski definition) is 1. The van der Waals surface area contributed by atoms with E-state index in [4.69, 9.17) is 9.26 Å². The van der Waals surface area contributed by atoms with Crippen LogP contribution in [0.3, 0.4) is 0 Å². The predicted molar refractivity (Wildman–Crippen MR) is 79.5 cm³/mol. The van der Waals surface area contributed by atoms with Gasteiger partial charge in [-0.3, -0.25) is 9.78 Å². The third-order valence-electron chi connectivity index (χ3n) is 2.88. The van der Waals surface area contributed by atoms with E-state index in [1.54, 1.807) is 24.5 Å². The van der Waals surface area contributed by atoms with Crippen molar-refractivity contribution in [2.24, 2.45) is 0 Å². The summed E-state index contributed by atoms with van der Waals surface area (Å²) in [6.07, 6.45) is 3.18. The van der Waals surface area contributed by atoms with Gasteiger partial charge in [0.2, 0.25) is 5.76 Å². The van der Waals surface area contributed by atoms with E-state index in [-0.39, 0.29) is 11.6 Å². The fourth-order valence-electron chi connectivity index (χ4n) is 1.79. The quantitative estimate of drug-likeness (QED) is 0.783. The first kappa shape index (κ1) is 13.8. The van der Waals surface area contributed by atoms with E-state index in [2.05, 4.69) is 15.5 Å². The van der Waals surface area contributed by atoms with E-state index in [0.29, 0.717) is 12.3 Å². The van der Waals surface area contributed by atoms with E-state index < -0.39 is 5.91 Å². The average molecular weight is 295 g/mol. The molecule has 1 N–H and O–H groups in total. The summed E-state index contributed by atoms with van der Waals surface area (Å²) in [6, 6.07) is 14.5. The van der Waals surface area contributed by atoms with Crippen molar-refractivity contribution in [1.82, 2.24) is 10.1 Å². The lowest BCUT2D eigenvalue weighted by Gasteiger charge is -2.01. The number of carbonyl (C=O) groups excluding carboxylic acids is 1. The normalized spacial score (nSPS) is 10.2. The number of nitrogens with one attached hydrogen (secondary N) is 1. The lowest BCUT2D eigenvalue weighted by molar-refractivity contribution is 0.0987. The third kappa shape index (κ3) is 3.49. The number of aromatic nitrogens is 2. The molecule has 0 radical (unpaired) electrons. The largest absolute Gasteiger partial charge is 0.471 e. The smallest absolute Gasteiger partial charge is 0.294 e. The molecule has 0 aliphatic heterocycles. The van der Waals surface area contributed by atoms with Crippen LogP contribution in [-0.4, -0.2) is 16.0 Å². The highest BCUT2D eigenvalue weighted by molar-refractivity contribution is 6.02. The number of carbonyl (C=O) groups is 1. The van der Waals surface area contributed by atoms with Gasteiger partial charge in [-0.2, -0.15) is 0 Å². The lowest BCUT2D eigenvalue weighted by atomic mass is 10.2. The number of anilines is 1. The van der Waals surface area contributed by atoms with Crippen LogP contribution in [0.4, 0.5) is 5.69 Å². The molecule has 6 nitrogen and oxygen atoms in total. The number of nitrogens with zero attached hydrogens (tertiary/aromatic N) is 2. The van der Waals surface area contributed by atoms with Crippen molar-refractivity contribution >= 4 is 11.6 Å². The number of rotatable bonds is 5. The predicted octanol–water partition coefficient (Wildman–Crippen LogP) is 2.90. The summed E-state index contributed by atoms with van der Waals surface area (Å²) in [7, 11) is 0. The molecule has 2 heterocycles. The molecule has 110 valence electrons. The summed E-state index contributed by atoms with van der Waals surface area (Å²) in [6.45, 7) is 0.360. The summed E-state index contributed by atoms with van der Waals surface area (Å²) in [5, 5.41) is 6.40. The van der Waals surface area contributed by atoms with Gasteiger partial charge in [0.15, 0.2) is 0 Å². The van der Waals surface area contributed by atoms with E-state index in [0.717, 1.165) is 5.56 Å². The van der Waals surface area contributed by atoms with Crippen LogP contribution in [0.1, 0.15) is 16.1 Å². The fourth-order valence-corrected chi connectivity index (χ4v) is 1.79. The first-order valence-electron chi connectivity index (χ1n) is 6.66. The molecule has 0 unspecified atom stereocenters. The summed E-state index contributed by atoms with van der Waals surface area (Å²) >= 11 is 0. The fraction of sp³-hybridized carbons (Fsp3) is 0.0625. The maximum Gasteiger partial charge on any atom is 0.294 e. The molecule has 6 heteroatoms. The zero-order valence-electron chi connectivity index (χ0n) is 11.6. The second-order valence-corrected chi connectivity index (χ2v) is 4.49. The van der Waals surface area contributed by atoms with Crippen molar-refractivity contribution in [2.75, 3.05) is 5.32 Å². The standard InChI is InChI=1S/C16H13N3O3/c20-16(18-13-6-8-17-9-7-13)14-10-15(19-22-14)21-11-12-4-2-1-3-5-12/h1-10H,11H2,(H,17,18,20). The van der Waals surface area contributed by atoms with Crippen LogP contribution >= 0.6 is 0 Å². The molecule has 0 aliphatic carbocycles. The molecular weight excluding hydrogens is 282 g/mol. The second-order valence-electron chi connectivity index (χ2n) is 4.49. The van der Waals surface area contributed by atoms with Gasteiger partial charge in [-0.25, -0.2) is 0 Å². The third-order valence-corrected chi connectivity index (χ3v) is 2.88. The van der Waals surface area contributed by atoms with E-state index >= 15 is 0 Å². The summed E-state index contributed by atoms with van der Waals surface area (Å²) in [5.41, 5.74) is 1.64. The number of amides is 1. The number of ether oxygens (including phenoxy) is 1. The molecular formula is C16H13N3O3. The molecule has 0 spiro atoms. The zero-order valence-corrected chi connectivity index (χ0v) is 11.6. The Morgan fingerprint density at radius 3 is 2.68 bits per heavy atom. The summed E-state index contributed by atoms with van der Waals surface area (Å²) in [4.78, 5) is 15.9. The Balaban J connectivity index is 1.60. The van der Waals surface area contributed by atoms with Crippen molar-refractivity contribution in [1.29, 1.82) is 0 Å². The first-order chi connectivity index (χ1) is 10.8.